The smallest absolute Gasteiger partial charge is 0.295 e. The predicted molar refractivity (Wildman–Crippen MR) is 143 cm³/mol. The van der Waals surface area contributed by atoms with Crippen LogP contribution in [0.4, 0.5) is 0 Å². The molecule has 1 unspecified atom stereocenters. The monoisotopic (exact) mass is 500 g/mol. The Morgan fingerprint density at radius 3 is 2.27 bits per heavy atom. The topological polar surface area (TPSA) is 79.3 Å². The number of amides is 1. The van der Waals surface area contributed by atoms with E-state index in [-0.39, 0.29) is 11.3 Å². The van der Waals surface area contributed by atoms with Crippen molar-refractivity contribution in [1.29, 1.82) is 0 Å². The van der Waals surface area contributed by atoms with E-state index in [1.54, 1.807) is 29.2 Å². The van der Waals surface area contributed by atoms with E-state index in [0.717, 1.165) is 13.1 Å². The highest BCUT2D eigenvalue weighted by Crippen LogP contribution is 2.40. The summed E-state index contributed by atoms with van der Waals surface area (Å²) in [6, 6.07) is 22.7. The number of hydrogen-bond donors (Lipinski definition) is 1. The highest BCUT2D eigenvalue weighted by Gasteiger charge is 2.46. The first-order valence-electron chi connectivity index (χ1n) is 12.4. The van der Waals surface area contributed by atoms with Crippen LogP contribution in [0.15, 0.2) is 84.4 Å². The fourth-order valence-corrected chi connectivity index (χ4v) is 4.54. The maximum atomic E-state index is 13.3. The molecule has 1 aliphatic heterocycles. The number of carbonyl (C=O) groups is 2. The Morgan fingerprint density at radius 1 is 0.892 bits per heavy atom. The molecule has 7 nitrogen and oxygen atoms in total. The van der Waals surface area contributed by atoms with E-state index in [9.17, 15) is 14.7 Å². The minimum Gasteiger partial charge on any atom is -0.507 e. The summed E-state index contributed by atoms with van der Waals surface area (Å²) in [7, 11) is 1.53. The molecule has 3 aromatic rings. The van der Waals surface area contributed by atoms with Crippen molar-refractivity contribution in [1.82, 2.24) is 9.80 Å². The molecule has 3 aromatic carbocycles. The van der Waals surface area contributed by atoms with Crippen molar-refractivity contribution >= 4 is 17.4 Å². The molecule has 0 aliphatic carbocycles. The van der Waals surface area contributed by atoms with Gasteiger partial charge in [-0.2, -0.15) is 0 Å². The zero-order chi connectivity index (χ0) is 26.4. The third-order valence-electron chi connectivity index (χ3n) is 6.59. The first-order valence-corrected chi connectivity index (χ1v) is 12.4. The molecule has 0 saturated carbocycles. The quantitative estimate of drug-likeness (QED) is 0.233. The van der Waals surface area contributed by atoms with Crippen LogP contribution in [0.5, 0.6) is 17.2 Å². The number of ether oxygens (including phenoxy) is 2. The van der Waals surface area contributed by atoms with Crippen LogP contribution in [0.3, 0.4) is 0 Å². The number of para-hydroxylation sites is 1. The first kappa shape index (κ1) is 26.0. The normalized spacial score (nSPS) is 16.9. The molecular formula is C30H32N2O5. The van der Waals surface area contributed by atoms with Crippen molar-refractivity contribution in [2.45, 2.75) is 19.9 Å². The number of benzene rings is 3. The lowest BCUT2D eigenvalue weighted by molar-refractivity contribution is -0.140. The number of methoxy groups -OCH3 is 1. The van der Waals surface area contributed by atoms with E-state index in [2.05, 4.69) is 18.7 Å². The van der Waals surface area contributed by atoms with Crippen LogP contribution in [0.2, 0.25) is 0 Å². The average Bonchev–Trinajstić information content (AvgIpc) is 3.19. The third-order valence-corrected chi connectivity index (χ3v) is 6.59. The summed E-state index contributed by atoms with van der Waals surface area (Å²) in [6.07, 6.45) is 0. The van der Waals surface area contributed by atoms with Gasteiger partial charge in [-0.1, -0.05) is 56.3 Å². The molecule has 0 bridgehead atoms. The van der Waals surface area contributed by atoms with E-state index in [1.807, 2.05) is 54.6 Å². The second-order valence-corrected chi connectivity index (χ2v) is 8.74. The van der Waals surface area contributed by atoms with Crippen molar-refractivity contribution in [2.24, 2.45) is 0 Å². The molecule has 1 saturated heterocycles. The summed E-state index contributed by atoms with van der Waals surface area (Å²) in [4.78, 5) is 30.4. The minimum atomic E-state index is -0.763. The van der Waals surface area contributed by atoms with Crippen molar-refractivity contribution in [2.75, 3.05) is 33.3 Å². The number of carbonyl (C=O) groups excluding carboxylic acids is 2. The minimum absolute atomic E-state index is 0.0506. The summed E-state index contributed by atoms with van der Waals surface area (Å²) in [5.41, 5.74) is 1.13. The Morgan fingerprint density at radius 2 is 1.57 bits per heavy atom. The molecule has 0 radical (unpaired) electrons. The zero-order valence-corrected chi connectivity index (χ0v) is 21.4. The Bertz CT molecular complexity index is 1280. The molecule has 0 aromatic heterocycles. The van der Waals surface area contributed by atoms with Gasteiger partial charge in [0.15, 0.2) is 0 Å². The van der Waals surface area contributed by atoms with Crippen LogP contribution in [0.1, 0.15) is 31.0 Å². The number of rotatable bonds is 10. The molecule has 37 heavy (non-hydrogen) atoms. The van der Waals surface area contributed by atoms with Crippen molar-refractivity contribution in [3.8, 4) is 17.2 Å². The standard InChI is InChI=1S/C30H32N2O5/c1-4-31(5-2)17-18-32-27(21-11-9-16-25(19-21)37-23-13-7-6-8-14-23)26(29(34)30(32)35)28(33)22-12-10-15-24(20-22)36-3/h6-16,19-20,27,33H,4-5,17-18H2,1-3H3/b28-26+. The Labute approximate surface area is 217 Å². The number of aliphatic hydroxyl groups excluding tert-OH is 1. The molecule has 1 fully saturated rings. The largest absolute Gasteiger partial charge is 0.507 e. The van der Waals surface area contributed by atoms with Crippen molar-refractivity contribution in [3.05, 3.63) is 95.6 Å². The maximum absolute atomic E-state index is 13.3. The van der Waals surface area contributed by atoms with Crippen molar-refractivity contribution in [3.63, 3.8) is 0 Å². The van der Waals surface area contributed by atoms with E-state index in [0.29, 0.717) is 41.5 Å². The fraction of sp³-hybridized carbons (Fsp3) is 0.267. The van der Waals surface area contributed by atoms with Gasteiger partial charge < -0.3 is 24.4 Å². The Hall–Kier alpha value is -4.10. The summed E-state index contributed by atoms with van der Waals surface area (Å²) < 4.78 is 11.3. The fourth-order valence-electron chi connectivity index (χ4n) is 4.54. The number of nitrogens with zero attached hydrogens (tertiary/aromatic N) is 2. The van der Waals surface area contributed by atoms with Gasteiger partial charge in [0.05, 0.1) is 18.7 Å². The van der Waals surface area contributed by atoms with Gasteiger partial charge in [0, 0.05) is 18.7 Å². The molecule has 1 atom stereocenters. The summed E-state index contributed by atoms with van der Waals surface area (Å²) >= 11 is 0. The summed E-state index contributed by atoms with van der Waals surface area (Å²) in [6.45, 7) is 6.72. The van der Waals surface area contributed by atoms with Crippen LogP contribution in [-0.4, -0.2) is 59.9 Å². The predicted octanol–water partition coefficient (Wildman–Crippen LogP) is 5.25. The lowest BCUT2D eigenvalue weighted by Crippen LogP contribution is -2.38. The van der Waals surface area contributed by atoms with Gasteiger partial charge in [0.25, 0.3) is 11.7 Å². The highest BCUT2D eigenvalue weighted by atomic mass is 16.5. The van der Waals surface area contributed by atoms with Crippen LogP contribution in [-0.2, 0) is 9.59 Å². The number of hydrogen-bond acceptors (Lipinski definition) is 6. The lowest BCUT2D eigenvalue weighted by Gasteiger charge is -2.28. The summed E-state index contributed by atoms with van der Waals surface area (Å²) in [5.74, 6) is 0.206. The van der Waals surface area contributed by atoms with Crippen LogP contribution in [0, 0.1) is 0 Å². The molecular weight excluding hydrogens is 468 g/mol. The number of likely N-dealkylation sites (tertiary alicyclic amines) is 1. The second-order valence-electron chi connectivity index (χ2n) is 8.74. The number of Topliss-reactive ketones (excluding diaryl/α,β-unsaturated/α-hetero) is 1. The molecule has 1 aliphatic rings. The number of likely N-dealkylation sites (N-methyl/N-ethyl adjacent to an activating group) is 1. The second kappa shape index (κ2) is 11.8. The van der Waals surface area contributed by atoms with Gasteiger partial charge in [0.2, 0.25) is 0 Å². The van der Waals surface area contributed by atoms with Crippen molar-refractivity contribution < 1.29 is 24.2 Å². The first-order chi connectivity index (χ1) is 18.0. The van der Waals surface area contributed by atoms with E-state index >= 15 is 0 Å². The Kier molecular flexibility index (Phi) is 8.25. The van der Waals surface area contributed by atoms with Gasteiger partial charge in [-0.3, -0.25) is 9.59 Å². The molecule has 7 heteroatoms. The van der Waals surface area contributed by atoms with Gasteiger partial charge in [-0.25, -0.2) is 0 Å². The van der Waals surface area contributed by atoms with Gasteiger partial charge in [0.1, 0.15) is 23.0 Å². The molecule has 4 rings (SSSR count). The molecule has 1 amide bonds. The van der Waals surface area contributed by atoms with Crippen LogP contribution >= 0.6 is 0 Å². The van der Waals surface area contributed by atoms with Crippen LogP contribution in [0.25, 0.3) is 5.76 Å². The summed E-state index contributed by atoms with van der Waals surface area (Å²) in [5, 5.41) is 11.3. The molecule has 0 spiro atoms. The van der Waals surface area contributed by atoms with E-state index < -0.39 is 17.7 Å². The van der Waals surface area contributed by atoms with Gasteiger partial charge >= 0.3 is 0 Å². The van der Waals surface area contributed by atoms with E-state index in [4.69, 9.17) is 9.47 Å². The molecule has 1 N–H and O–H groups in total. The average molecular weight is 501 g/mol. The maximum Gasteiger partial charge on any atom is 0.295 e. The van der Waals surface area contributed by atoms with E-state index in [1.165, 1.54) is 7.11 Å². The highest BCUT2D eigenvalue weighted by molar-refractivity contribution is 6.46. The molecule has 192 valence electrons. The third kappa shape index (κ3) is 5.67. The number of ketones is 1. The Balaban J connectivity index is 1.79. The number of aliphatic hydroxyl groups is 1. The van der Waals surface area contributed by atoms with Gasteiger partial charge in [-0.05, 0) is 55.1 Å². The van der Waals surface area contributed by atoms with Crippen LogP contribution < -0.4 is 9.47 Å². The lowest BCUT2D eigenvalue weighted by atomic mass is 9.95. The SMILES string of the molecule is CCN(CC)CCN1C(=O)C(=O)/C(=C(/O)c2cccc(OC)c2)C1c1cccc(Oc2ccccc2)c1. The molecule has 1 heterocycles. The zero-order valence-electron chi connectivity index (χ0n) is 21.4. The van der Waals surface area contributed by atoms with Gasteiger partial charge in [-0.15, -0.1) is 0 Å².